The number of likely N-dealkylation sites (N-methyl/N-ethyl adjacent to an activating group) is 1. The van der Waals surface area contributed by atoms with Crippen molar-refractivity contribution in [1.29, 1.82) is 0 Å². The molecule has 1 aromatic heterocycles. The first-order valence-electron chi connectivity index (χ1n) is 6.34. The first-order valence-corrected chi connectivity index (χ1v) is 6.34. The summed E-state index contributed by atoms with van der Waals surface area (Å²) in [5.74, 6) is 1.28. The Morgan fingerprint density at radius 3 is 2.83 bits per heavy atom. The van der Waals surface area contributed by atoms with Gasteiger partial charge in [0, 0.05) is 13.5 Å². The maximum atomic E-state index is 12.5. The highest BCUT2D eigenvalue weighted by Crippen LogP contribution is 2.31. The molecule has 1 aliphatic rings. The highest BCUT2D eigenvalue weighted by Gasteiger charge is 2.35. The van der Waals surface area contributed by atoms with E-state index in [2.05, 4.69) is 24.1 Å². The van der Waals surface area contributed by atoms with Crippen molar-refractivity contribution in [3.8, 4) is 0 Å². The van der Waals surface area contributed by atoms with Crippen LogP contribution in [0.4, 0.5) is 5.82 Å². The summed E-state index contributed by atoms with van der Waals surface area (Å²) in [5, 5.41) is 3.09. The van der Waals surface area contributed by atoms with Gasteiger partial charge in [0.05, 0.1) is 6.04 Å². The zero-order chi connectivity index (χ0) is 13.3. The second-order valence-corrected chi connectivity index (χ2v) is 5.69. The lowest BCUT2D eigenvalue weighted by atomic mass is 9.87. The molecule has 2 heterocycles. The molecule has 100 valence electrons. The van der Waals surface area contributed by atoms with Gasteiger partial charge in [-0.05, 0) is 25.3 Å². The van der Waals surface area contributed by atoms with Gasteiger partial charge >= 0.3 is 0 Å². The quantitative estimate of drug-likeness (QED) is 0.869. The number of carbonyl (C=O) groups is 1. The number of hydrogen-bond acceptors (Lipinski definition) is 4. The third-order valence-corrected chi connectivity index (χ3v) is 3.49. The molecule has 0 aliphatic carbocycles. The Morgan fingerprint density at radius 1 is 1.56 bits per heavy atom. The highest BCUT2D eigenvalue weighted by atomic mass is 16.3. The molecule has 1 aliphatic heterocycles. The average molecular weight is 251 g/mol. The van der Waals surface area contributed by atoms with Gasteiger partial charge in [-0.1, -0.05) is 13.8 Å². The fourth-order valence-electron chi connectivity index (χ4n) is 2.37. The van der Waals surface area contributed by atoms with Crippen LogP contribution in [0.15, 0.2) is 10.7 Å². The number of carbonyl (C=O) groups excluding carboxylic acids is 1. The highest BCUT2D eigenvalue weighted by molar-refractivity contribution is 5.96. The van der Waals surface area contributed by atoms with Crippen LogP contribution >= 0.6 is 0 Å². The maximum absolute atomic E-state index is 12.5. The van der Waals surface area contributed by atoms with Crippen LogP contribution in [0.2, 0.25) is 0 Å². The number of aryl methyl sites for hydroxylation is 1. The van der Waals surface area contributed by atoms with Crippen molar-refractivity contribution >= 4 is 11.7 Å². The molecule has 1 unspecified atom stereocenters. The van der Waals surface area contributed by atoms with E-state index in [4.69, 9.17) is 4.42 Å². The van der Waals surface area contributed by atoms with Gasteiger partial charge in [0.15, 0.2) is 11.7 Å². The first-order chi connectivity index (χ1) is 8.43. The van der Waals surface area contributed by atoms with Crippen LogP contribution in [0, 0.1) is 12.3 Å². The molecule has 0 saturated carbocycles. The molecule has 0 aromatic carbocycles. The van der Waals surface area contributed by atoms with Crippen molar-refractivity contribution < 1.29 is 9.21 Å². The molecule has 1 N–H and O–H groups in total. The molecule has 0 radical (unpaired) electrons. The smallest absolute Gasteiger partial charge is 0.245 e. The van der Waals surface area contributed by atoms with E-state index in [-0.39, 0.29) is 17.4 Å². The number of nitrogens with zero attached hydrogens (tertiary/aromatic N) is 2. The standard InChI is InChI=1S/C13H21N3O2/c1-9-15-11(7-18-9)16-8-13(2,3)6-5-10(14-4)12(16)17/h7,10,14H,5-6,8H2,1-4H3. The van der Waals surface area contributed by atoms with E-state index >= 15 is 0 Å². The molecule has 18 heavy (non-hydrogen) atoms. The molecule has 1 aromatic rings. The molecule has 5 nitrogen and oxygen atoms in total. The summed E-state index contributed by atoms with van der Waals surface area (Å²) in [4.78, 5) is 18.5. The Hall–Kier alpha value is -1.36. The van der Waals surface area contributed by atoms with Crippen LogP contribution in [-0.4, -0.2) is 30.5 Å². The Balaban J connectivity index is 2.32. The fraction of sp³-hybridized carbons (Fsp3) is 0.692. The minimum absolute atomic E-state index is 0.0800. The molecule has 1 fully saturated rings. The van der Waals surface area contributed by atoms with Gasteiger partial charge in [-0.3, -0.25) is 9.69 Å². The predicted molar refractivity (Wildman–Crippen MR) is 69.5 cm³/mol. The zero-order valence-electron chi connectivity index (χ0n) is 11.5. The molecule has 1 amide bonds. The fourth-order valence-corrected chi connectivity index (χ4v) is 2.37. The number of aromatic nitrogens is 1. The van der Waals surface area contributed by atoms with E-state index in [9.17, 15) is 4.79 Å². The van der Waals surface area contributed by atoms with Crippen LogP contribution in [0.1, 0.15) is 32.6 Å². The summed E-state index contributed by atoms with van der Waals surface area (Å²) in [7, 11) is 1.83. The van der Waals surface area contributed by atoms with Gasteiger partial charge < -0.3 is 9.73 Å². The van der Waals surface area contributed by atoms with E-state index in [0.29, 0.717) is 18.3 Å². The van der Waals surface area contributed by atoms with Crippen LogP contribution < -0.4 is 10.2 Å². The van der Waals surface area contributed by atoms with Crippen LogP contribution in [-0.2, 0) is 4.79 Å². The largest absolute Gasteiger partial charge is 0.447 e. The zero-order valence-corrected chi connectivity index (χ0v) is 11.5. The van der Waals surface area contributed by atoms with Crippen molar-refractivity contribution in [3.63, 3.8) is 0 Å². The Morgan fingerprint density at radius 2 is 2.28 bits per heavy atom. The second-order valence-electron chi connectivity index (χ2n) is 5.69. The Bertz CT molecular complexity index is 439. The summed E-state index contributed by atoms with van der Waals surface area (Å²) < 4.78 is 5.22. The van der Waals surface area contributed by atoms with E-state index in [0.717, 1.165) is 12.8 Å². The summed E-state index contributed by atoms with van der Waals surface area (Å²) in [5.41, 5.74) is 0.0914. The minimum atomic E-state index is -0.135. The molecule has 2 rings (SSSR count). The molecule has 0 spiro atoms. The molecule has 1 atom stereocenters. The third kappa shape index (κ3) is 2.56. The van der Waals surface area contributed by atoms with Gasteiger partial charge in [0.25, 0.3) is 0 Å². The minimum Gasteiger partial charge on any atom is -0.447 e. The van der Waals surface area contributed by atoms with Gasteiger partial charge in [-0.15, -0.1) is 0 Å². The van der Waals surface area contributed by atoms with Gasteiger partial charge in [-0.25, -0.2) is 0 Å². The number of oxazole rings is 1. The number of nitrogens with one attached hydrogen (secondary N) is 1. The first kappa shape index (κ1) is 13.1. The van der Waals surface area contributed by atoms with Crippen molar-refractivity contribution in [2.45, 2.75) is 39.7 Å². The SMILES string of the molecule is CNC1CCC(C)(C)CN(c2coc(C)n2)C1=O. The van der Waals surface area contributed by atoms with Crippen LogP contribution in [0.5, 0.6) is 0 Å². The number of amides is 1. The number of anilines is 1. The van der Waals surface area contributed by atoms with E-state index < -0.39 is 0 Å². The van der Waals surface area contributed by atoms with Gasteiger partial charge in [-0.2, -0.15) is 4.98 Å². The van der Waals surface area contributed by atoms with Gasteiger partial charge in [0.1, 0.15) is 6.26 Å². The predicted octanol–water partition coefficient (Wildman–Crippen LogP) is 1.72. The average Bonchev–Trinajstić information content (AvgIpc) is 2.68. The van der Waals surface area contributed by atoms with Crippen LogP contribution in [0.3, 0.4) is 0 Å². The number of rotatable bonds is 2. The van der Waals surface area contributed by atoms with E-state index in [1.54, 1.807) is 18.1 Å². The monoisotopic (exact) mass is 251 g/mol. The summed E-state index contributed by atoms with van der Waals surface area (Å²) in [6, 6.07) is -0.135. The van der Waals surface area contributed by atoms with Crippen molar-refractivity contribution in [2.24, 2.45) is 5.41 Å². The molecule has 5 heteroatoms. The lowest BCUT2D eigenvalue weighted by Crippen LogP contribution is -2.45. The lowest BCUT2D eigenvalue weighted by Gasteiger charge is -2.28. The summed E-state index contributed by atoms with van der Waals surface area (Å²) in [6.07, 6.45) is 3.43. The number of hydrogen-bond donors (Lipinski definition) is 1. The molecular weight excluding hydrogens is 230 g/mol. The third-order valence-electron chi connectivity index (χ3n) is 3.49. The summed E-state index contributed by atoms with van der Waals surface area (Å²) in [6.45, 7) is 6.82. The van der Waals surface area contributed by atoms with E-state index in [1.807, 2.05) is 7.05 Å². The molecular formula is C13H21N3O2. The normalized spacial score (nSPS) is 24.1. The molecule has 1 saturated heterocycles. The Kier molecular flexibility index (Phi) is 3.43. The van der Waals surface area contributed by atoms with Crippen molar-refractivity contribution in [2.75, 3.05) is 18.5 Å². The van der Waals surface area contributed by atoms with E-state index in [1.165, 1.54) is 0 Å². The van der Waals surface area contributed by atoms with Crippen molar-refractivity contribution in [3.05, 3.63) is 12.2 Å². The second kappa shape index (κ2) is 4.72. The van der Waals surface area contributed by atoms with Crippen molar-refractivity contribution in [1.82, 2.24) is 10.3 Å². The van der Waals surface area contributed by atoms with Gasteiger partial charge in [0.2, 0.25) is 5.91 Å². The Labute approximate surface area is 108 Å². The molecule has 0 bridgehead atoms. The summed E-state index contributed by atoms with van der Waals surface area (Å²) >= 11 is 0. The van der Waals surface area contributed by atoms with Crippen LogP contribution in [0.25, 0.3) is 0 Å². The maximum Gasteiger partial charge on any atom is 0.245 e. The lowest BCUT2D eigenvalue weighted by molar-refractivity contribution is -0.120. The topological polar surface area (TPSA) is 58.4 Å².